The lowest BCUT2D eigenvalue weighted by molar-refractivity contribution is 0.0756. The van der Waals surface area contributed by atoms with Crippen LogP contribution in [-0.4, -0.2) is 41.9 Å². The molecule has 0 bridgehead atoms. The number of carbonyl (C=O) groups excluding carboxylic acids is 1. The monoisotopic (exact) mass is 380 g/mol. The van der Waals surface area contributed by atoms with Crippen molar-refractivity contribution in [1.29, 1.82) is 0 Å². The molecule has 0 atom stereocenters. The van der Waals surface area contributed by atoms with Crippen LogP contribution in [0.25, 0.3) is 0 Å². The summed E-state index contributed by atoms with van der Waals surface area (Å²) < 4.78 is 19.8. The third-order valence-electron chi connectivity index (χ3n) is 4.02. The van der Waals surface area contributed by atoms with Crippen LogP contribution in [0.5, 0.6) is 0 Å². The number of rotatable bonds is 3. The van der Waals surface area contributed by atoms with Gasteiger partial charge in [-0.2, -0.15) is 0 Å². The molecule has 0 aliphatic carbocycles. The van der Waals surface area contributed by atoms with Crippen LogP contribution in [0.15, 0.2) is 45.5 Å². The molecule has 4 nitrogen and oxygen atoms in total. The van der Waals surface area contributed by atoms with E-state index in [0.717, 1.165) is 31.8 Å². The maximum Gasteiger partial charge on any atom is 0.256 e. The lowest BCUT2D eigenvalue weighted by atomic mass is 10.2. The van der Waals surface area contributed by atoms with Gasteiger partial charge in [-0.3, -0.25) is 9.69 Å². The molecule has 0 spiro atoms. The molecular formula is C17H18BrFN2O2. The zero-order valence-electron chi connectivity index (χ0n) is 12.7. The van der Waals surface area contributed by atoms with Gasteiger partial charge < -0.3 is 9.32 Å². The number of benzene rings is 1. The Labute approximate surface area is 143 Å². The van der Waals surface area contributed by atoms with Gasteiger partial charge in [0, 0.05) is 26.2 Å². The van der Waals surface area contributed by atoms with E-state index in [9.17, 15) is 9.18 Å². The fourth-order valence-corrected chi connectivity index (χ4v) is 3.16. The molecule has 1 aliphatic heterocycles. The minimum absolute atomic E-state index is 0.124. The van der Waals surface area contributed by atoms with Crippen LogP contribution >= 0.6 is 15.9 Å². The highest BCUT2D eigenvalue weighted by Gasteiger charge is 2.23. The number of amides is 1. The second kappa shape index (κ2) is 7.27. The number of furan rings is 1. The van der Waals surface area contributed by atoms with Gasteiger partial charge in [0.1, 0.15) is 11.6 Å². The Balaban J connectivity index is 1.65. The van der Waals surface area contributed by atoms with Gasteiger partial charge in [0.05, 0.1) is 22.8 Å². The van der Waals surface area contributed by atoms with Crippen LogP contribution in [0.3, 0.4) is 0 Å². The zero-order valence-corrected chi connectivity index (χ0v) is 14.3. The van der Waals surface area contributed by atoms with Gasteiger partial charge in [-0.05, 0) is 46.6 Å². The quantitative estimate of drug-likeness (QED) is 0.816. The Bertz CT molecular complexity index is 675. The summed E-state index contributed by atoms with van der Waals surface area (Å²) in [5.74, 6) is 0.181. The molecule has 3 rings (SSSR count). The molecule has 1 aromatic carbocycles. The second-order valence-corrected chi connectivity index (χ2v) is 6.46. The predicted octanol–water partition coefficient (Wildman–Crippen LogP) is 3.53. The molecule has 122 valence electrons. The van der Waals surface area contributed by atoms with Gasteiger partial charge in [-0.1, -0.05) is 6.07 Å². The number of carbonyl (C=O) groups is 1. The van der Waals surface area contributed by atoms with Crippen molar-refractivity contribution in [2.75, 3.05) is 26.2 Å². The van der Waals surface area contributed by atoms with Crippen molar-refractivity contribution >= 4 is 21.8 Å². The molecule has 1 aliphatic rings. The van der Waals surface area contributed by atoms with Crippen LogP contribution < -0.4 is 0 Å². The number of halogens is 2. The average molecular weight is 381 g/mol. The molecule has 2 aromatic rings. The van der Waals surface area contributed by atoms with E-state index in [0.29, 0.717) is 17.6 Å². The summed E-state index contributed by atoms with van der Waals surface area (Å²) in [6.45, 7) is 3.61. The molecule has 6 heteroatoms. The molecule has 0 unspecified atom stereocenters. The Kier molecular flexibility index (Phi) is 5.13. The molecule has 0 N–H and O–H groups in total. The normalized spacial score (nSPS) is 16.3. The van der Waals surface area contributed by atoms with Crippen molar-refractivity contribution in [3.8, 4) is 0 Å². The molecule has 2 heterocycles. The van der Waals surface area contributed by atoms with E-state index >= 15 is 0 Å². The second-order valence-electron chi connectivity index (χ2n) is 5.60. The van der Waals surface area contributed by atoms with Crippen molar-refractivity contribution in [3.05, 3.63) is 58.2 Å². The minimum atomic E-state index is -0.491. The molecule has 1 amide bonds. The maximum absolute atomic E-state index is 14.1. The number of nitrogens with zero attached hydrogens (tertiary/aromatic N) is 2. The van der Waals surface area contributed by atoms with Crippen LogP contribution in [0.4, 0.5) is 4.39 Å². The first-order chi connectivity index (χ1) is 11.1. The van der Waals surface area contributed by atoms with Crippen LogP contribution in [0.2, 0.25) is 0 Å². The van der Waals surface area contributed by atoms with Gasteiger partial charge in [0.25, 0.3) is 5.91 Å². The van der Waals surface area contributed by atoms with E-state index in [2.05, 4.69) is 20.8 Å². The van der Waals surface area contributed by atoms with Gasteiger partial charge in [-0.15, -0.1) is 0 Å². The maximum atomic E-state index is 14.1. The van der Waals surface area contributed by atoms with Crippen LogP contribution in [-0.2, 0) is 6.54 Å². The average Bonchev–Trinajstić information content (AvgIpc) is 2.94. The summed E-state index contributed by atoms with van der Waals surface area (Å²) in [6.07, 6.45) is 2.53. The zero-order chi connectivity index (χ0) is 16.2. The first kappa shape index (κ1) is 16.2. The number of hydrogen-bond donors (Lipinski definition) is 0. The summed E-state index contributed by atoms with van der Waals surface area (Å²) in [6, 6.07) is 8.64. The highest BCUT2D eigenvalue weighted by molar-refractivity contribution is 9.10. The molecule has 0 radical (unpaired) electrons. The molecule has 0 saturated carbocycles. The van der Waals surface area contributed by atoms with E-state index in [-0.39, 0.29) is 11.5 Å². The molecule has 1 fully saturated rings. The first-order valence-corrected chi connectivity index (χ1v) is 8.42. The molecule has 23 heavy (non-hydrogen) atoms. The minimum Gasteiger partial charge on any atom is -0.468 e. The first-order valence-electron chi connectivity index (χ1n) is 7.63. The Morgan fingerprint density at radius 2 is 2.04 bits per heavy atom. The summed E-state index contributed by atoms with van der Waals surface area (Å²) in [5, 5.41) is 0. The van der Waals surface area contributed by atoms with E-state index < -0.39 is 5.82 Å². The molecule has 1 aromatic heterocycles. The van der Waals surface area contributed by atoms with Crippen LogP contribution in [0.1, 0.15) is 22.5 Å². The Morgan fingerprint density at radius 1 is 1.17 bits per heavy atom. The highest BCUT2D eigenvalue weighted by Crippen LogP contribution is 2.20. The van der Waals surface area contributed by atoms with Crippen molar-refractivity contribution in [3.63, 3.8) is 0 Å². The summed E-state index contributed by atoms with van der Waals surface area (Å²) in [5.41, 5.74) is 0.124. The third-order valence-corrected chi connectivity index (χ3v) is 4.63. The number of hydrogen-bond acceptors (Lipinski definition) is 3. The van der Waals surface area contributed by atoms with Gasteiger partial charge in [0.2, 0.25) is 0 Å². The van der Waals surface area contributed by atoms with Crippen LogP contribution in [0, 0.1) is 5.82 Å². The smallest absolute Gasteiger partial charge is 0.256 e. The largest absolute Gasteiger partial charge is 0.468 e. The Hall–Kier alpha value is -1.66. The van der Waals surface area contributed by atoms with Crippen molar-refractivity contribution in [1.82, 2.24) is 9.80 Å². The topological polar surface area (TPSA) is 36.7 Å². The highest BCUT2D eigenvalue weighted by atomic mass is 79.9. The SMILES string of the molecule is O=C(c1cccc(Br)c1F)N1CCCN(Cc2ccco2)CC1. The van der Waals surface area contributed by atoms with E-state index in [1.807, 2.05) is 12.1 Å². The Morgan fingerprint density at radius 3 is 2.83 bits per heavy atom. The molecule has 1 saturated heterocycles. The van der Waals surface area contributed by atoms with Crippen molar-refractivity contribution in [2.45, 2.75) is 13.0 Å². The van der Waals surface area contributed by atoms with E-state index in [1.165, 1.54) is 6.07 Å². The standard InChI is InChI=1S/C17H18BrFN2O2/c18-15-6-1-5-14(16(15)19)17(22)21-8-3-7-20(9-10-21)12-13-4-2-11-23-13/h1-2,4-6,11H,3,7-10,12H2. The lowest BCUT2D eigenvalue weighted by Crippen LogP contribution is -2.35. The van der Waals surface area contributed by atoms with E-state index in [4.69, 9.17) is 4.42 Å². The van der Waals surface area contributed by atoms with Crippen molar-refractivity contribution in [2.24, 2.45) is 0 Å². The fraction of sp³-hybridized carbons (Fsp3) is 0.353. The lowest BCUT2D eigenvalue weighted by Gasteiger charge is -2.22. The van der Waals surface area contributed by atoms with Crippen molar-refractivity contribution < 1.29 is 13.6 Å². The summed E-state index contributed by atoms with van der Waals surface area (Å²) in [4.78, 5) is 16.6. The van der Waals surface area contributed by atoms with Gasteiger partial charge >= 0.3 is 0 Å². The third kappa shape index (κ3) is 3.82. The predicted molar refractivity (Wildman–Crippen MR) is 88.6 cm³/mol. The molecular weight excluding hydrogens is 363 g/mol. The van der Waals surface area contributed by atoms with E-state index in [1.54, 1.807) is 23.3 Å². The van der Waals surface area contributed by atoms with Gasteiger partial charge in [-0.25, -0.2) is 4.39 Å². The summed E-state index contributed by atoms with van der Waals surface area (Å²) in [7, 11) is 0. The fourth-order valence-electron chi connectivity index (χ4n) is 2.79. The van der Waals surface area contributed by atoms with Gasteiger partial charge in [0.15, 0.2) is 0 Å². The summed E-state index contributed by atoms with van der Waals surface area (Å²) >= 11 is 3.13.